The van der Waals surface area contributed by atoms with E-state index in [0.29, 0.717) is 13.1 Å². The number of amides is 2. The van der Waals surface area contributed by atoms with Gasteiger partial charge in [0.1, 0.15) is 5.69 Å². The van der Waals surface area contributed by atoms with Gasteiger partial charge in [0.15, 0.2) is 0 Å². The maximum atomic E-state index is 12.6. The molecule has 1 saturated heterocycles. The molecule has 8 heteroatoms. The van der Waals surface area contributed by atoms with Crippen LogP contribution in [0.5, 0.6) is 0 Å². The molecule has 1 aliphatic rings. The summed E-state index contributed by atoms with van der Waals surface area (Å²) < 4.78 is 4.67. The highest BCUT2D eigenvalue weighted by atomic mass is 35.5. The molecule has 1 aliphatic heterocycles. The lowest BCUT2D eigenvalue weighted by molar-refractivity contribution is 0.0600. The van der Waals surface area contributed by atoms with Gasteiger partial charge in [-0.25, -0.2) is 4.79 Å². The monoisotopic (exact) mass is 387 g/mol. The highest BCUT2D eigenvalue weighted by molar-refractivity contribution is 6.34. The molecule has 1 aromatic carbocycles. The third-order valence-corrected chi connectivity index (χ3v) is 4.60. The average molecular weight is 388 g/mol. The van der Waals surface area contributed by atoms with Gasteiger partial charge in [0.05, 0.1) is 23.4 Å². The Morgan fingerprint density at radius 2 is 1.85 bits per heavy atom. The zero-order chi connectivity index (χ0) is 19.4. The van der Waals surface area contributed by atoms with Crippen molar-refractivity contribution in [1.29, 1.82) is 0 Å². The minimum Gasteiger partial charge on any atom is -0.465 e. The number of aromatic nitrogens is 1. The lowest BCUT2D eigenvalue weighted by Crippen LogP contribution is -2.28. The van der Waals surface area contributed by atoms with Gasteiger partial charge in [-0.2, -0.15) is 0 Å². The second kappa shape index (κ2) is 8.18. The number of ether oxygens (including phenoxy) is 1. The predicted octanol–water partition coefficient (Wildman–Crippen LogP) is 3.01. The van der Waals surface area contributed by atoms with E-state index in [1.165, 1.54) is 43.6 Å². The van der Waals surface area contributed by atoms with E-state index in [1.54, 1.807) is 4.90 Å². The first kappa shape index (κ1) is 18.8. The number of likely N-dealkylation sites (tertiary alicyclic amines) is 1. The number of hydrogen-bond acceptors (Lipinski definition) is 5. The van der Waals surface area contributed by atoms with Crippen LogP contribution in [0.3, 0.4) is 0 Å². The fourth-order valence-electron chi connectivity index (χ4n) is 2.83. The van der Waals surface area contributed by atoms with Gasteiger partial charge in [0.2, 0.25) is 0 Å². The van der Waals surface area contributed by atoms with Crippen LogP contribution < -0.4 is 5.32 Å². The number of hydrogen-bond donors (Lipinski definition) is 1. The first-order chi connectivity index (χ1) is 13.0. The summed E-state index contributed by atoms with van der Waals surface area (Å²) in [6.07, 6.45) is 3.37. The summed E-state index contributed by atoms with van der Waals surface area (Å²) in [7, 11) is 1.27. The fourth-order valence-corrected chi connectivity index (χ4v) is 3.00. The Morgan fingerprint density at radius 1 is 1.11 bits per heavy atom. The minimum absolute atomic E-state index is 0.187. The van der Waals surface area contributed by atoms with Crippen molar-refractivity contribution in [3.63, 3.8) is 0 Å². The standard InChI is InChI=1S/C19H18ClN3O4/c1-27-19(26)13-4-5-14(20)15(11-13)22-17(24)12-6-7-21-16(10-12)18(25)23-8-2-3-9-23/h4-7,10-11H,2-3,8-9H2,1H3,(H,22,24). The van der Waals surface area contributed by atoms with Crippen molar-refractivity contribution in [3.05, 3.63) is 58.4 Å². The molecule has 0 atom stereocenters. The van der Waals surface area contributed by atoms with Crippen LogP contribution in [0.1, 0.15) is 44.0 Å². The molecule has 1 N–H and O–H groups in total. The summed E-state index contributed by atoms with van der Waals surface area (Å²) in [6, 6.07) is 7.40. The van der Waals surface area contributed by atoms with E-state index in [0.717, 1.165) is 12.8 Å². The van der Waals surface area contributed by atoms with Crippen LogP contribution in [0.2, 0.25) is 5.02 Å². The Bertz CT molecular complexity index is 894. The van der Waals surface area contributed by atoms with Gasteiger partial charge in [-0.3, -0.25) is 14.6 Å². The zero-order valence-electron chi connectivity index (χ0n) is 14.7. The number of nitrogens with zero attached hydrogens (tertiary/aromatic N) is 2. The molecule has 3 rings (SSSR count). The molecule has 2 aromatic rings. The van der Waals surface area contributed by atoms with Crippen molar-refractivity contribution in [2.24, 2.45) is 0 Å². The Labute approximate surface area is 161 Å². The van der Waals surface area contributed by atoms with Gasteiger partial charge in [-0.1, -0.05) is 11.6 Å². The van der Waals surface area contributed by atoms with Crippen molar-refractivity contribution in [3.8, 4) is 0 Å². The largest absolute Gasteiger partial charge is 0.465 e. The number of benzene rings is 1. The van der Waals surface area contributed by atoms with Gasteiger partial charge in [-0.15, -0.1) is 0 Å². The molecule has 27 heavy (non-hydrogen) atoms. The molecule has 140 valence electrons. The van der Waals surface area contributed by atoms with E-state index in [-0.39, 0.29) is 33.4 Å². The van der Waals surface area contributed by atoms with Gasteiger partial charge in [0.25, 0.3) is 11.8 Å². The Balaban J connectivity index is 1.79. The van der Waals surface area contributed by atoms with Crippen LogP contribution in [0.4, 0.5) is 5.69 Å². The average Bonchev–Trinajstić information content (AvgIpc) is 3.23. The van der Waals surface area contributed by atoms with E-state index in [1.807, 2.05) is 0 Å². The molecule has 0 unspecified atom stereocenters. The predicted molar refractivity (Wildman–Crippen MR) is 100 cm³/mol. The summed E-state index contributed by atoms with van der Waals surface area (Å²) in [5.74, 6) is -1.19. The number of carbonyl (C=O) groups is 3. The van der Waals surface area contributed by atoms with Crippen LogP contribution in [0, 0.1) is 0 Å². The maximum absolute atomic E-state index is 12.6. The molecule has 0 bridgehead atoms. The summed E-state index contributed by atoms with van der Waals surface area (Å²) >= 11 is 6.10. The number of halogens is 1. The molecular weight excluding hydrogens is 370 g/mol. The third-order valence-electron chi connectivity index (χ3n) is 4.27. The summed E-state index contributed by atoms with van der Waals surface area (Å²) in [6.45, 7) is 1.40. The number of pyridine rings is 1. The van der Waals surface area contributed by atoms with E-state index >= 15 is 0 Å². The highest BCUT2D eigenvalue weighted by Crippen LogP contribution is 2.24. The number of esters is 1. The Kier molecular flexibility index (Phi) is 5.71. The lowest BCUT2D eigenvalue weighted by atomic mass is 10.1. The van der Waals surface area contributed by atoms with E-state index < -0.39 is 11.9 Å². The number of nitrogens with one attached hydrogen (secondary N) is 1. The van der Waals surface area contributed by atoms with Crippen LogP contribution in [0.25, 0.3) is 0 Å². The molecule has 1 fully saturated rings. The maximum Gasteiger partial charge on any atom is 0.337 e. The Morgan fingerprint density at radius 3 is 2.56 bits per heavy atom. The quantitative estimate of drug-likeness (QED) is 0.814. The number of anilines is 1. The summed E-state index contributed by atoms with van der Waals surface area (Å²) in [5, 5.41) is 2.93. The Hall–Kier alpha value is -2.93. The first-order valence-corrected chi connectivity index (χ1v) is 8.82. The van der Waals surface area contributed by atoms with Crippen molar-refractivity contribution in [2.45, 2.75) is 12.8 Å². The second-order valence-electron chi connectivity index (χ2n) is 6.07. The molecule has 2 heterocycles. The summed E-state index contributed by atoms with van der Waals surface area (Å²) in [4.78, 5) is 42.5. The molecule has 0 radical (unpaired) electrons. The minimum atomic E-state index is -0.537. The summed E-state index contributed by atoms with van der Waals surface area (Å²) in [5.41, 5.74) is 1.02. The molecule has 1 aromatic heterocycles. The van der Waals surface area contributed by atoms with Crippen LogP contribution in [-0.4, -0.2) is 47.9 Å². The van der Waals surface area contributed by atoms with Gasteiger partial charge in [0, 0.05) is 24.8 Å². The van der Waals surface area contributed by atoms with E-state index in [9.17, 15) is 14.4 Å². The van der Waals surface area contributed by atoms with Crippen molar-refractivity contribution < 1.29 is 19.1 Å². The lowest BCUT2D eigenvalue weighted by Gasteiger charge is -2.15. The number of carbonyl (C=O) groups excluding carboxylic acids is 3. The van der Waals surface area contributed by atoms with E-state index in [4.69, 9.17) is 11.6 Å². The molecule has 2 amide bonds. The van der Waals surface area contributed by atoms with Crippen molar-refractivity contribution in [2.75, 3.05) is 25.5 Å². The zero-order valence-corrected chi connectivity index (χ0v) is 15.5. The van der Waals surface area contributed by atoms with Crippen LogP contribution in [0.15, 0.2) is 36.5 Å². The molecule has 7 nitrogen and oxygen atoms in total. The highest BCUT2D eigenvalue weighted by Gasteiger charge is 2.21. The van der Waals surface area contributed by atoms with Crippen molar-refractivity contribution in [1.82, 2.24) is 9.88 Å². The SMILES string of the molecule is COC(=O)c1ccc(Cl)c(NC(=O)c2ccnc(C(=O)N3CCCC3)c2)c1. The van der Waals surface area contributed by atoms with Gasteiger partial charge >= 0.3 is 5.97 Å². The van der Waals surface area contributed by atoms with Gasteiger partial charge in [-0.05, 0) is 43.2 Å². The third kappa shape index (κ3) is 4.25. The molecule has 0 saturated carbocycles. The molecule has 0 spiro atoms. The smallest absolute Gasteiger partial charge is 0.337 e. The molecular formula is C19H18ClN3O4. The fraction of sp³-hybridized carbons (Fsp3) is 0.263. The normalized spacial score (nSPS) is 13.3. The molecule has 0 aliphatic carbocycles. The second-order valence-corrected chi connectivity index (χ2v) is 6.48. The van der Waals surface area contributed by atoms with E-state index in [2.05, 4.69) is 15.0 Å². The number of methoxy groups -OCH3 is 1. The van der Waals surface area contributed by atoms with Crippen LogP contribution in [-0.2, 0) is 4.74 Å². The van der Waals surface area contributed by atoms with Gasteiger partial charge < -0.3 is 15.0 Å². The first-order valence-electron chi connectivity index (χ1n) is 8.44. The van der Waals surface area contributed by atoms with Crippen LogP contribution >= 0.6 is 11.6 Å². The number of rotatable bonds is 4. The van der Waals surface area contributed by atoms with Crippen molar-refractivity contribution >= 4 is 35.1 Å². The topological polar surface area (TPSA) is 88.6 Å².